The minimum atomic E-state index is 0.561. The monoisotopic (exact) mass is 266 g/mol. The summed E-state index contributed by atoms with van der Waals surface area (Å²) in [4.78, 5) is 0. The van der Waals surface area contributed by atoms with E-state index in [9.17, 15) is 0 Å². The summed E-state index contributed by atoms with van der Waals surface area (Å²) in [6.45, 7) is 0.561. The SMILES string of the molecule is Cn1ncc(OCc2ccccc2)c1Br. The van der Waals surface area contributed by atoms with E-state index in [0.29, 0.717) is 6.61 Å². The molecule has 15 heavy (non-hydrogen) atoms. The zero-order valence-corrected chi connectivity index (χ0v) is 9.94. The van der Waals surface area contributed by atoms with Gasteiger partial charge < -0.3 is 4.74 Å². The van der Waals surface area contributed by atoms with Gasteiger partial charge in [-0.2, -0.15) is 5.10 Å². The Labute approximate surface area is 96.8 Å². The fraction of sp³-hybridized carbons (Fsp3) is 0.182. The molecule has 2 aromatic rings. The molecule has 1 heterocycles. The lowest BCUT2D eigenvalue weighted by molar-refractivity contribution is 0.304. The summed E-state index contributed by atoms with van der Waals surface area (Å²) in [6, 6.07) is 10.0. The average Bonchev–Trinajstić information content (AvgIpc) is 2.59. The lowest BCUT2D eigenvalue weighted by Gasteiger charge is -2.04. The van der Waals surface area contributed by atoms with Crippen LogP contribution < -0.4 is 4.74 Å². The van der Waals surface area contributed by atoms with E-state index in [4.69, 9.17) is 4.74 Å². The number of benzene rings is 1. The quantitative estimate of drug-likeness (QED) is 0.855. The molecule has 0 spiro atoms. The Bertz CT molecular complexity index is 439. The Hall–Kier alpha value is -1.29. The van der Waals surface area contributed by atoms with E-state index in [2.05, 4.69) is 21.0 Å². The first-order valence-corrected chi connectivity index (χ1v) is 5.41. The molecule has 0 unspecified atom stereocenters. The summed E-state index contributed by atoms with van der Waals surface area (Å²) >= 11 is 3.40. The molecule has 0 saturated carbocycles. The normalized spacial score (nSPS) is 10.3. The highest BCUT2D eigenvalue weighted by molar-refractivity contribution is 9.10. The molecular weight excluding hydrogens is 256 g/mol. The van der Waals surface area contributed by atoms with E-state index >= 15 is 0 Å². The molecule has 0 aliphatic heterocycles. The van der Waals surface area contributed by atoms with E-state index < -0.39 is 0 Å². The Kier molecular flexibility index (Phi) is 3.06. The molecule has 78 valence electrons. The first-order valence-electron chi connectivity index (χ1n) is 4.61. The number of hydrogen-bond donors (Lipinski definition) is 0. The van der Waals surface area contributed by atoms with Crippen molar-refractivity contribution in [3.05, 3.63) is 46.7 Å². The maximum Gasteiger partial charge on any atom is 0.172 e. The smallest absolute Gasteiger partial charge is 0.172 e. The molecule has 1 aromatic heterocycles. The Balaban J connectivity index is 2.02. The first-order chi connectivity index (χ1) is 7.27. The molecule has 4 heteroatoms. The third-order valence-electron chi connectivity index (χ3n) is 2.07. The van der Waals surface area contributed by atoms with Crippen LogP contribution in [0.1, 0.15) is 5.56 Å². The third-order valence-corrected chi connectivity index (χ3v) is 2.98. The maximum absolute atomic E-state index is 5.61. The lowest BCUT2D eigenvalue weighted by Crippen LogP contribution is -1.95. The van der Waals surface area contributed by atoms with Gasteiger partial charge in [0.1, 0.15) is 11.2 Å². The Morgan fingerprint density at radius 1 is 1.33 bits per heavy atom. The number of halogens is 1. The largest absolute Gasteiger partial charge is 0.484 e. The average molecular weight is 267 g/mol. The van der Waals surface area contributed by atoms with Gasteiger partial charge in [-0.15, -0.1) is 0 Å². The molecule has 0 fully saturated rings. The van der Waals surface area contributed by atoms with E-state index in [0.717, 1.165) is 15.9 Å². The zero-order valence-electron chi connectivity index (χ0n) is 8.35. The van der Waals surface area contributed by atoms with Crippen molar-refractivity contribution in [1.29, 1.82) is 0 Å². The van der Waals surface area contributed by atoms with Gasteiger partial charge in [0, 0.05) is 7.05 Å². The predicted octanol–water partition coefficient (Wildman–Crippen LogP) is 2.76. The Morgan fingerprint density at radius 3 is 2.67 bits per heavy atom. The second-order valence-corrected chi connectivity index (χ2v) is 3.95. The molecule has 0 saturated heterocycles. The molecule has 0 bridgehead atoms. The van der Waals surface area contributed by atoms with Crippen LogP contribution in [0.4, 0.5) is 0 Å². The van der Waals surface area contributed by atoms with Gasteiger partial charge >= 0.3 is 0 Å². The van der Waals surface area contributed by atoms with Crippen molar-refractivity contribution in [2.45, 2.75) is 6.61 Å². The first kappa shape index (κ1) is 10.2. The topological polar surface area (TPSA) is 27.1 Å². The number of ether oxygens (including phenoxy) is 1. The minimum Gasteiger partial charge on any atom is -0.484 e. The summed E-state index contributed by atoms with van der Waals surface area (Å²) in [5.74, 6) is 0.765. The summed E-state index contributed by atoms with van der Waals surface area (Å²) in [5, 5.41) is 4.07. The van der Waals surface area contributed by atoms with Crippen LogP contribution >= 0.6 is 15.9 Å². The van der Waals surface area contributed by atoms with E-state index in [-0.39, 0.29) is 0 Å². The standard InChI is InChI=1S/C11H11BrN2O/c1-14-11(12)10(7-13-14)15-8-9-5-3-2-4-6-9/h2-7H,8H2,1H3. The molecular formula is C11H11BrN2O. The second-order valence-electron chi connectivity index (χ2n) is 3.20. The van der Waals surface area contributed by atoms with Crippen LogP contribution in [-0.4, -0.2) is 9.78 Å². The van der Waals surface area contributed by atoms with Crippen LogP contribution in [-0.2, 0) is 13.7 Å². The van der Waals surface area contributed by atoms with Crippen molar-refractivity contribution in [1.82, 2.24) is 9.78 Å². The third kappa shape index (κ3) is 2.39. The molecule has 0 aliphatic rings. The zero-order chi connectivity index (χ0) is 10.7. The van der Waals surface area contributed by atoms with Crippen molar-refractivity contribution in [2.24, 2.45) is 7.05 Å². The van der Waals surface area contributed by atoms with Gasteiger partial charge in [-0.1, -0.05) is 30.3 Å². The second kappa shape index (κ2) is 4.49. The maximum atomic E-state index is 5.61. The summed E-state index contributed by atoms with van der Waals surface area (Å²) < 4.78 is 8.20. The molecule has 0 aliphatic carbocycles. The number of nitrogens with zero attached hydrogens (tertiary/aromatic N) is 2. The number of aromatic nitrogens is 2. The van der Waals surface area contributed by atoms with E-state index in [1.54, 1.807) is 10.9 Å². The fourth-order valence-electron chi connectivity index (χ4n) is 1.23. The lowest BCUT2D eigenvalue weighted by atomic mass is 10.2. The van der Waals surface area contributed by atoms with Crippen LogP contribution in [0.5, 0.6) is 5.75 Å². The molecule has 0 radical (unpaired) electrons. The summed E-state index contributed by atoms with van der Waals surface area (Å²) in [7, 11) is 1.86. The van der Waals surface area contributed by atoms with Gasteiger partial charge in [0.2, 0.25) is 0 Å². The predicted molar refractivity (Wildman–Crippen MR) is 61.7 cm³/mol. The van der Waals surface area contributed by atoms with Gasteiger partial charge in [0.25, 0.3) is 0 Å². The van der Waals surface area contributed by atoms with Crippen LogP contribution in [0.3, 0.4) is 0 Å². The molecule has 0 amide bonds. The highest BCUT2D eigenvalue weighted by Gasteiger charge is 2.05. The number of rotatable bonds is 3. The van der Waals surface area contributed by atoms with Crippen LogP contribution in [0.2, 0.25) is 0 Å². The highest BCUT2D eigenvalue weighted by atomic mass is 79.9. The van der Waals surface area contributed by atoms with E-state index in [1.165, 1.54) is 0 Å². The van der Waals surface area contributed by atoms with E-state index in [1.807, 2.05) is 37.4 Å². The molecule has 2 rings (SSSR count). The fourth-order valence-corrected chi connectivity index (χ4v) is 1.54. The molecule has 0 atom stereocenters. The molecule has 1 aromatic carbocycles. The van der Waals surface area contributed by atoms with Crippen LogP contribution in [0.15, 0.2) is 41.1 Å². The Morgan fingerprint density at radius 2 is 2.07 bits per heavy atom. The van der Waals surface area contributed by atoms with Gasteiger partial charge in [-0.05, 0) is 21.5 Å². The van der Waals surface area contributed by atoms with Crippen LogP contribution in [0.25, 0.3) is 0 Å². The minimum absolute atomic E-state index is 0.561. The van der Waals surface area contributed by atoms with Gasteiger partial charge in [-0.3, -0.25) is 4.68 Å². The molecule has 3 nitrogen and oxygen atoms in total. The van der Waals surface area contributed by atoms with Crippen molar-refractivity contribution >= 4 is 15.9 Å². The van der Waals surface area contributed by atoms with Gasteiger partial charge in [0.05, 0.1) is 6.20 Å². The van der Waals surface area contributed by atoms with Crippen LogP contribution in [0, 0.1) is 0 Å². The molecule has 0 N–H and O–H groups in total. The van der Waals surface area contributed by atoms with Crippen molar-refractivity contribution in [3.63, 3.8) is 0 Å². The summed E-state index contributed by atoms with van der Waals surface area (Å²) in [6.07, 6.45) is 1.70. The summed E-state index contributed by atoms with van der Waals surface area (Å²) in [5.41, 5.74) is 1.15. The van der Waals surface area contributed by atoms with Gasteiger partial charge in [-0.25, -0.2) is 0 Å². The number of aryl methyl sites for hydroxylation is 1. The van der Waals surface area contributed by atoms with Crippen molar-refractivity contribution < 1.29 is 4.74 Å². The highest BCUT2D eigenvalue weighted by Crippen LogP contribution is 2.23. The van der Waals surface area contributed by atoms with Crippen molar-refractivity contribution in [2.75, 3.05) is 0 Å². The van der Waals surface area contributed by atoms with Gasteiger partial charge in [0.15, 0.2) is 5.75 Å². The van der Waals surface area contributed by atoms with Crippen molar-refractivity contribution in [3.8, 4) is 5.75 Å². The number of hydrogen-bond acceptors (Lipinski definition) is 2.